The van der Waals surface area contributed by atoms with Crippen LogP contribution in [0, 0.1) is 5.92 Å². The maximum absolute atomic E-state index is 12.8. The average molecular weight is 526 g/mol. The Morgan fingerprint density at radius 3 is 2.54 bits per heavy atom. The number of methoxy groups -OCH3 is 1. The van der Waals surface area contributed by atoms with Crippen molar-refractivity contribution in [3.8, 4) is 17.2 Å². The first-order valence-corrected chi connectivity index (χ1v) is 12.5. The molecule has 2 aromatic rings. The summed E-state index contributed by atoms with van der Waals surface area (Å²) < 4.78 is 15.7. The fraction of sp³-hybridized carbons (Fsp3) is 0.308. The molecule has 2 aliphatic heterocycles. The van der Waals surface area contributed by atoms with Crippen LogP contribution in [-0.2, 0) is 9.59 Å². The van der Waals surface area contributed by atoms with Crippen LogP contribution in [-0.4, -0.2) is 60.9 Å². The molecule has 0 spiro atoms. The third kappa shape index (κ3) is 6.05. The topological polar surface area (TPSA) is 123 Å². The van der Waals surface area contributed by atoms with E-state index >= 15 is 0 Å². The van der Waals surface area contributed by atoms with E-state index in [2.05, 4.69) is 10.6 Å². The third-order valence-corrected chi connectivity index (χ3v) is 6.70. The zero-order valence-corrected chi connectivity index (χ0v) is 21.4. The molecule has 0 bridgehead atoms. The van der Waals surface area contributed by atoms with Crippen LogP contribution in [0.5, 0.6) is 17.2 Å². The van der Waals surface area contributed by atoms with Crippen molar-refractivity contribution in [2.45, 2.75) is 19.9 Å². The summed E-state index contributed by atoms with van der Waals surface area (Å²) in [5.41, 5.74) is 1.10. The molecule has 0 aromatic heterocycles. The molecular weight excluding hydrogens is 498 g/mol. The van der Waals surface area contributed by atoms with E-state index in [1.54, 1.807) is 48.5 Å². The van der Waals surface area contributed by atoms with Crippen LogP contribution in [0.3, 0.4) is 0 Å². The smallest absolute Gasteiger partial charge is 0.293 e. The summed E-state index contributed by atoms with van der Waals surface area (Å²) in [7, 11) is 1.53. The van der Waals surface area contributed by atoms with Crippen LogP contribution < -0.4 is 24.8 Å². The SMILES string of the molecule is COc1ccc(C(=O)N[C@H](C(=O)NCCN2C(=O)S/C(=C\c3ccc4c(c3)OCO4)C2=O)C(C)C)cc1. The lowest BCUT2D eigenvalue weighted by atomic mass is 10.0. The molecule has 2 aromatic carbocycles. The molecule has 0 saturated carbocycles. The summed E-state index contributed by atoms with van der Waals surface area (Å²) in [5, 5.41) is 5.05. The van der Waals surface area contributed by atoms with Crippen molar-refractivity contribution in [3.63, 3.8) is 0 Å². The normalized spacial score (nSPS) is 16.3. The standard InChI is InChI=1S/C26H27N3O7S/c1-15(2)22(28-23(30)17-5-7-18(34-3)8-6-17)24(31)27-10-11-29-25(32)21(37-26(29)33)13-16-4-9-19-20(12-16)36-14-35-19/h4-9,12-13,15,22H,10-11,14H2,1-3H3,(H,27,31)(H,28,30)/b21-13-/t22-/m0/s1. The van der Waals surface area contributed by atoms with E-state index < -0.39 is 29.0 Å². The zero-order valence-electron chi connectivity index (χ0n) is 20.6. The monoisotopic (exact) mass is 525 g/mol. The van der Waals surface area contributed by atoms with E-state index in [0.29, 0.717) is 28.4 Å². The Kier molecular flexibility index (Phi) is 8.02. The molecule has 2 N–H and O–H groups in total. The van der Waals surface area contributed by atoms with Crippen molar-refractivity contribution in [2.75, 3.05) is 27.0 Å². The number of nitrogens with zero attached hydrogens (tertiary/aromatic N) is 1. The Morgan fingerprint density at radius 2 is 1.84 bits per heavy atom. The van der Waals surface area contributed by atoms with Gasteiger partial charge in [-0.05, 0) is 65.7 Å². The van der Waals surface area contributed by atoms with E-state index in [9.17, 15) is 19.2 Å². The Morgan fingerprint density at radius 1 is 1.11 bits per heavy atom. The second-order valence-electron chi connectivity index (χ2n) is 8.66. The van der Waals surface area contributed by atoms with E-state index in [0.717, 1.165) is 16.7 Å². The lowest BCUT2D eigenvalue weighted by Gasteiger charge is -2.22. The highest BCUT2D eigenvalue weighted by Crippen LogP contribution is 2.36. The van der Waals surface area contributed by atoms with Crippen molar-refractivity contribution in [1.82, 2.24) is 15.5 Å². The van der Waals surface area contributed by atoms with Gasteiger partial charge in [-0.25, -0.2) is 0 Å². The molecule has 37 heavy (non-hydrogen) atoms. The summed E-state index contributed by atoms with van der Waals surface area (Å²) in [4.78, 5) is 52.1. The number of hydrogen-bond donors (Lipinski definition) is 2. The molecular formula is C26H27N3O7S. The number of imide groups is 1. The first kappa shape index (κ1) is 26.1. The number of hydrogen-bond acceptors (Lipinski definition) is 8. The van der Waals surface area contributed by atoms with Gasteiger partial charge in [-0.1, -0.05) is 19.9 Å². The molecule has 0 aliphatic carbocycles. The largest absolute Gasteiger partial charge is 0.497 e. The van der Waals surface area contributed by atoms with Crippen LogP contribution in [0.4, 0.5) is 4.79 Å². The molecule has 4 amide bonds. The summed E-state index contributed by atoms with van der Waals surface area (Å²) >= 11 is 0.836. The predicted molar refractivity (Wildman–Crippen MR) is 137 cm³/mol. The lowest BCUT2D eigenvalue weighted by Crippen LogP contribution is -2.51. The maximum atomic E-state index is 12.8. The number of carbonyl (C=O) groups excluding carboxylic acids is 4. The molecule has 0 radical (unpaired) electrons. The maximum Gasteiger partial charge on any atom is 0.293 e. The number of benzene rings is 2. The molecule has 4 rings (SSSR count). The lowest BCUT2D eigenvalue weighted by molar-refractivity contribution is -0.125. The third-order valence-electron chi connectivity index (χ3n) is 5.79. The Hall–Kier alpha value is -3.99. The van der Waals surface area contributed by atoms with Crippen LogP contribution in [0.15, 0.2) is 47.4 Å². The van der Waals surface area contributed by atoms with Gasteiger partial charge in [-0.3, -0.25) is 24.1 Å². The molecule has 1 atom stereocenters. The highest BCUT2D eigenvalue weighted by Gasteiger charge is 2.35. The average Bonchev–Trinajstić information content (AvgIpc) is 3.46. The van der Waals surface area contributed by atoms with Gasteiger partial charge in [0, 0.05) is 18.7 Å². The van der Waals surface area contributed by atoms with E-state index in [-0.39, 0.29) is 30.7 Å². The van der Waals surface area contributed by atoms with Crippen LogP contribution >= 0.6 is 11.8 Å². The quantitative estimate of drug-likeness (QED) is 0.479. The van der Waals surface area contributed by atoms with E-state index in [1.165, 1.54) is 7.11 Å². The second-order valence-corrected chi connectivity index (χ2v) is 9.65. The second kappa shape index (κ2) is 11.4. The minimum Gasteiger partial charge on any atom is -0.497 e. The minimum absolute atomic E-state index is 0.00608. The van der Waals surface area contributed by atoms with Crippen molar-refractivity contribution in [1.29, 1.82) is 0 Å². The Balaban J connectivity index is 1.32. The van der Waals surface area contributed by atoms with Gasteiger partial charge in [0.05, 0.1) is 12.0 Å². The first-order chi connectivity index (χ1) is 17.8. The van der Waals surface area contributed by atoms with E-state index in [1.807, 2.05) is 13.8 Å². The molecule has 10 nitrogen and oxygen atoms in total. The highest BCUT2D eigenvalue weighted by molar-refractivity contribution is 8.18. The van der Waals surface area contributed by atoms with Gasteiger partial charge in [0.1, 0.15) is 11.8 Å². The fourth-order valence-corrected chi connectivity index (χ4v) is 4.61. The number of carbonyl (C=O) groups is 4. The summed E-state index contributed by atoms with van der Waals surface area (Å²) in [6, 6.07) is 11.0. The number of ether oxygens (including phenoxy) is 3. The number of amides is 4. The van der Waals surface area contributed by atoms with Gasteiger partial charge in [0.25, 0.3) is 17.1 Å². The molecule has 11 heteroatoms. The Labute approximate surface area is 218 Å². The zero-order chi connectivity index (χ0) is 26.5. The molecule has 1 fully saturated rings. The van der Waals surface area contributed by atoms with Crippen LogP contribution in [0.1, 0.15) is 29.8 Å². The molecule has 0 unspecified atom stereocenters. The van der Waals surface area contributed by atoms with Gasteiger partial charge in [0.2, 0.25) is 12.7 Å². The van der Waals surface area contributed by atoms with Gasteiger partial charge in [0.15, 0.2) is 11.5 Å². The summed E-state index contributed by atoms with van der Waals surface area (Å²) in [5.74, 6) is 0.401. The van der Waals surface area contributed by atoms with Gasteiger partial charge >= 0.3 is 0 Å². The fourth-order valence-electron chi connectivity index (χ4n) is 3.75. The molecule has 2 heterocycles. The molecule has 1 saturated heterocycles. The van der Waals surface area contributed by atoms with Crippen LogP contribution in [0.2, 0.25) is 0 Å². The molecule has 194 valence electrons. The summed E-state index contributed by atoms with van der Waals surface area (Å²) in [6.45, 7) is 3.83. The van der Waals surface area contributed by atoms with E-state index in [4.69, 9.17) is 14.2 Å². The number of nitrogens with one attached hydrogen (secondary N) is 2. The van der Waals surface area contributed by atoms with Gasteiger partial charge in [-0.2, -0.15) is 0 Å². The predicted octanol–water partition coefficient (Wildman–Crippen LogP) is 3.03. The van der Waals surface area contributed by atoms with Gasteiger partial charge in [-0.15, -0.1) is 0 Å². The summed E-state index contributed by atoms with van der Waals surface area (Å²) in [6.07, 6.45) is 1.62. The Bertz CT molecular complexity index is 1240. The number of fused-ring (bicyclic) bond motifs is 1. The first-order valence-electron chi connectivity index (χ1n) is 11.6. The van der Waals surface area contributed by atoms with Crippen molar-refractivity contribution >= 4 is 40.8 Å². The minimum atomic E-state index is -0.796. The van der Waals surface area contributed by atoms with Crippen LogP contribution in [0.25, 0.3) is 6.08 Å². The van der Waals surface area contributed by atoms with Crippen molar-refractivity contribution in [2.24, 2.45) is 5.92 Å². The van der Waals surface area contributed by atoms with Crippen molar-refractivity contribution in [3.05, 3.63) is 58.5 Å². The number of thioether (sulfide) groups is 1. The molecule has 2 aliphatic rings. The highest BCUT2D eigenvalue weighted by atomic mass is 32.2. The van der Waals surface area contributed by atoms with Crippen molar-refractivity contribution < 1.29 is 33.4 Å². The van der Waals surface area contributed by atoms with Gasteiger partial charge < -0.3 is 24.8 Å². The number of rotatable bonds is 9.